The van der Waals surface area contributed by atoms with Crippen LogP contribution in [0.25, 0.3) is 11.3 Å². The van der Waals surface area contributed by atoms with E-state index in [-0.39, 0.29) is 23.4 Å². The lowest BCUT2D eigenvalue weighted by molar-refractivity contribution is -0.127. The number of H-pyrrole nitrogens is 1. The van der Waals surface area contributed by atoms with Crippen molar-refractivity contribution in [3.8, 4) is 11.3 Å². The molecule has 3 N–H and O–H groups in total. The Morgan fingerprint density at radius 1 is 0.846 bits per heavy atom. The third-order valence-corrected chi connectivity index (χ3v) is 5.26. The molecule has 2 aromatic carbocycles. The summed E-state index contributed by atoms with van der Waals surface area (Å²) in [6, 6.07) is 19.6. The van der Waals surface area contributed by atoms with Gasteiger partial charge in [-0.15, -0.1) is 0 Å². The minimum Gasteiger partial charge on any atom is -0.290 e. The number of aromatic nitrogens is 2. The summed E-state index contributed by atoms with van der Waals surface area (Å²) in [6.07, 6.45) is 0. The zero-order valence-corrected chi connectivity index (χ0v) is 13.8. The number of carbonyl (C=O) groups is 1. The van der Waals surface area contributed by atoms with Crippen molar-refractivity contribution in [2.45, 2.75) is 17.9 Å². The molecule has 1 aliphatic carbocycles. The molecule has 1 aliphatic heterocycles. The van der Waals surface area contributed by atoms with Crippen LogP contribution >= 0.6 is 0 Å². The fourth-order valence-electron chi connectivity index (χ4n) is 4.11. The maximum atomic E-state index is 12.4. The smallest absolute Gasteiger partial charge is 0.268 e. The molecule has 2 heterocycles. The van der Waals surface area contributed by atoms with Gasteiger partial charge in [-0.1, -0.05) is 60.7 Å². The largest absolute Gasteiger partial charge is 0.290 e. The van der Waals surface area contributed by atoms with Crippen LogP contribution in [0.15, 0.2) is 65.5 Å². The van der Waals surface area contributed by atoms with Gasteiger partial charge in [-0.05, 0) is 11.1 Å². The van der Waals surface area contributed by atoms with Gasteiger partial charge >= 0.3 is 0 Å². The van der Waals surface area contributed by atoms with Gasteiger partial charge in [-0.3, -0.25) is 15.0 Å². The zero-order chi connectivity index (χ0) is 17.7. The second-order valence-corrected chi connectivity index (χ2v) is 6.62. The van der Waals surface area contributed by atoms with Crippen LogP contribution in [-0.2, 0) is 4.79 Å². The van der Waals surface area contributed by atoms with E-state index >= 15 is 0 Å². The molecular formula is C20H16N4O2. The van der Waals surface area contributed by atoms with E-state index in [2.05, 4.69) is 21.0 Å². The van der Waals surface area contributed by atoms with Crippen molar-refractivity contribution in [2.24, 2.45) is 0 Å². The topological polar surface area (TPSA) is 86.9 Å². The van der Waals surface area contributed by atoms with Gasteiger partial charge in [-0.2, -0.15) is 5.10 Å². The van der Waals surface area contributed by atoms with Crippen LogP contribution in [0.4, 0.5) is 0 Å². The molecule has 3 atom stereocenters. The third kappa shape index (κ3) is 2.06. The number of hydrogen-bond donors (Lipinski definition) is 3. The van der Waals surface area contributed by atoms with Crippen LogP contribution in [-0.4, -0.2) is 16.1 Å². The number of carbonyl (C=O) groups excluding carboxylic acids is 1. The lowest BCUT2D eigenvalue weighted by atomic mass is 9.62. The van der Waals surface area contributed by atoms with Crippen LogP contribution in [0.5, 0.6) is 0 Å². The molecule has 1 aromatic heterocycles. The van der Waals surface area contributed by atoms with E-state index in [1.54, 1.807) is 0 Å². The molecule has 3 aromatic rings. The Hall–Kier alpha value is -3.25. The molecule has 0 bridgehead atoms. The molecule has 1 saturated heterocycles. The summed E-state index contributed by atoms with van der Waals surface area (Å²) in [6.45, 7) is 0. The minimum absolute atomic E-state index is 0.113. The molecule has 1 fully saturated rings. The van der Waals surface area contributed by atoms with Crippen molar-refractivity contribution >= 4 is 5.91 Å². The van der Waals surface area contributed by atoms with E-state index < -0.39 is 5.92 Å². The standard InChI is InChI=1S/C20H16N4O2/c25-19-15-13(17(21-23-19)11-7-3-1-4-8-11)14-16(15)20(26)24-22-18(14)12-9-5-2-6-10-12/h1-10,13,15,17,21H,(H,23,25)(H,24,26). The van der Waals surface area contributed by atoms with Gasteiger partial charge in [0.25, 0.3) is 5.56 Å². The fraction of sp³-hybridized carbons (Fsp3) is 0.150. The van der Waals surface area contributed by atoms with Crippen LogP contribution in [0, 0.1) is 0 Å². The van der Waals surface area contributed by atoms with Gasteiger partial charge in [0.05, 0.1) is 17.7 Å². The number of nitrogens with one attached hydrogen (secondary N) is 3. The highest BCUT2D eigenvalue weighted by Crippen LogP contribution is 2.55. The number of fused-ring (bicyclic) bond motifs is 4. The Morgan fingerprint density at radius 3 is 2.27 bits per heavy atom. The summed E-state index contributed by atoms with van der Waals surface area (Å²) in [4.78, 5) is 24.8. The SMILES string of the molecule is O=C1NNC(c2ccccc2)C2c3c(-c4ccccc4)n[nH]c(=O)c3C12. The highest BCUT2D eigenvalue weighted by atomic mass is 16.2. The second kappa shape index (κ2) is 5.64. The Labute approximate surface area is 149 Å². The molecule has 0 saturated carbocycles. The minimum atomic E-state index is -0.467. The van der Waals surface area contributed by atoms with Crippen molar-refractivity contribution in [1.82, 2.24) is 21.0 Å². The number of nitrogens with zero attached hydrogens (tertiary/aromatic N) is 1. The first-order chi connectivity index (χ1) is 12.8. The first kappa shape index (κ1) is 15.0. The van der Waals surface area contributed by atoms with Crippen molar-refractivity contribution in [1.29, 1.82) is 0 Å². The fourth-order valence-corrected chi connectivity index (χ4v) is 4.11. The predicted molar refractivity (Wildman–Crippen MR) is 96.2 cm³/mol. The van der Waals surface area contributed by atoms with Crippen molar-refractivity contribution in [3.63, 3.8) is 0 Å². The number of aromatic amines is 1. The summed E-state index contributed by atoms with van der Waals surface area (Å²) >= 11 is 0. The number of benzene rings is 2. The van der Waals surface area contributed by atoms with E-state index in [4.69, 9.17) is 0 Å². The number of hydrogen-bond acceptors (Lipinski definition) is 4. The Bertz CT molecular complexity index is 1050. The van der Waals surface area contributed by atoms with Crippen LogP contribution in [0.3, 0.4) is 0 Å². The molecular weight excluding hydrogens is 328 g/mol. The molecule has 6 nitrogen and oxygen atoms in total. The Morgan fingerprint density at radius 2 is 1.54 bits per heavy atom. The summed E-state index contributed by atoms with van der Waals surface area (Å²) in [5.74, 6) is -0.776. The van der Waals surface area contributed by atoms with Gasteiger partial charge in [0.15, 0.2) is 0 Å². The van der Waals surface area contributed by atoms with Gasteiger partial charge in [0, 0.05) is 17.0 Å². The summed E-state index contributed by atoms with van der Waals surface area (Å²) in [7, 11) is 0. The summed E-state index contributed by atoms with van der Waals surface area (Å²) in [5, 5.41) is 6.87. The zero-order valence-electron chi connectivity index (χ0n) is 13.8. The van der Waals surface area contributed by atoms with E-state index in [1.807, 2.05) is 60.7 Å². The predicted octanol–water partition coefficient (Wildman–Crippen LogP) is 1.99. The highest BCUT2D eigenvalue weighted by molar-refractivity contribution is 5.91. The normalized spacial score (nSPS) is 23.4. The molecule has 26 heavy (non-hydrogen) atoms. The second-order valence-electron chi connectivity index (χ2n) is 6.62. The van der Waals surface area contributed by atoms with E-state index in [0.29, 0.717) is 5.56 Å². The van der Waals surface area contributed by atoms with E-state index in [0.717, 1.165) is 22.4 Å². The van der Waals surface area contributed by atoms with Crippen LogP contribution < -0.4 is 16.4 Å². The maximum Gasteiger partial charge on any atom is 0.268 e. The average Bonchev–Trinajstić information content (AvgIpc) is 2.67. The lowest BCUT2D eigenvalue weighted by Crippen LogP contribution is -2.58. The summed E-state index contributed by atoms with van der Waals surface area (Å²) in [5.41, 5.74) is 9.67. The molecule has 2 aliphatic rings. The highest BCUT2D eigenvalue weighted by Gasteiger charge is 2.53. The van der Waals surface area contributed by atoms with Crippen molar-refractivity contribution in [2.75, 3.05) is 0 Å². The first-order valence-electron chi connectivity index (χ1n) is 8.54. The molecule has 5 rings (SSSR count). The number of amides is 1. The lowest BCUT2D eigenvalue weighted by Gasteiger charge is -2.46. The molecule has 128 valence electrons. The van der Waals surface area contributed by atoms with Crippen molar-refractivity contribution < 1.29 is 4.79 Å². The van der Waals surface area contributed by atoms with Gasteiger partial charge in [0.1, 0.15) is 0 Å². The van der Waals surface area contributed by atoms with E-state index in [9.17, 15) is 9.59 Å². The maximum absolute atomic E-state index is 12.4. The number of rotatable bonds is 2. The molecule has 6 heteroatoms. The number of hydrazine groups is 1. The average molecular weight is 344 g/mol. The van der Waals surface area contributed by atoms with Gasteiger partial charge in [0.2, 0.25) is 5.91 Å². The van der Waals surface area contributed by atoms with E-state index in [1.165, 1.54) is 0 Å². The Balaban J connectivity index is 1.71. The third-order valence-electron chi connectivity index (χ3n) is 5.26. The van der Waals surface area contributed by atoms with Crippen molar-refractivity contribution in [3.05, 3.63) is 87.7 Å². The van der Waals surface area contributed by atoms with Crippen LogP contribution in [0.1, 0.15) is 34.6 Å². The Kier molecular flexibility index (Phi) is 3.26. The van der Waals surface area contributed by atoms with Gasteiger partial charge in [-0.25, -0.2) is 10.5 Å². The first-order valence-corrected chi connectivity index (χ1v) is 8.54. The molecule has 0 spiro atoms. The molecule has 0 radical (unpaired) electrons. The quantitative estimate of drug-likeness (QED) is 0.664. The molecule has 3 unspecified atom stereocenters. The van der Waals surface area contributed by atoms with Gasteiger partial charge < -0.3 is 0 Å². The van der Waals surface area contributed by atoms with Crippen LogP contribution in [0.2, 0.25) is 0 Å². The summed E-state index contributed by atoms with van der Waals surface area (Å²) < 4.78 is 0. The molecule has 1 amide bonds. The monoisotopic (exact) mass is 344 g/mol.